The quantitative estimate of drug-likeness (QED) is 0.416. The lowest BCUT2D eigenvalue weighted by Gasteiger charge is -2.46. The molecule has 0 spiro atoms. The van der Waals surface area contributed by atoms with Crippen LogP contribution in [0.25, 0.3) is 10.8 Å². The molecule has 36 heavy (non-hydrogen) atoms. The lowest BCUT2D eigenvalue weighted by molar-refractivity contribution is -0.160. The number of hydrogen-bond acceptors (Lipinski definition) is 5. The molecule has 2 aromatic rings. The molecular weight excluding hydrogens is 456 g/mol. The summed E-state index contributed by atoms with van der Waals surface area (Å²) >= 11 is 0. The number of fused-ring (bicyclic) bond motifs is 2. The molecule has 0 bridgehead atoms. The first-order chi connectivity index (χ1) is 17.5. The highest BCUT2D eigenvalue weighted by atomic mass is 16.5. The van der Waals surface area contributed by atoms with E-state index in [1.165, 1.54) is 7.11 Å². The molecule has 1 saturated heterocycles. The summed E-state index contributed by atoms with van der Waals surface area (Å²) < 4.78 is 10.4. The molecule has 2 amide bonds. The number of carbonyl (C=O) groups is 3. The third-order valence-corrected chi connectivity index (χ3v) is 7.45. The lowest BCUT2D eigenvalue weighted by atomic mass is 9.69. The van der Waals surface area contributed by atoms with Crippen LogP contribution in [-0.4, -0.2) is 50.1 Å². The fourth-order valence-corrected chi connectivity index (χ4v) is 5.70. The largest absolute Gasteiger partial charge is 0.468 e. The molecule has 0 saturated carbocycles. The van der Waals surface area contributed by atoms with Gasteiger partial charge >= 0.3 is 5.97 Å². The zero-order chi connectivity index (χ0) is 25.5. The number of nitrogens with one attached hydrogen (secondary N) is 1. The predicted molar refractivity (Wildman–Crippen MR) is 138 cm³/mol. The van der Waals surface area contributed by atoms with E-state index in [1.807, 2.05) is 30.3 Å². The summed E-state index contributed by atoms with van der Waals surface area (Å²) in [5, 5.41) is 5.06. The number of methoxy groups -OCH3 is 2. The summed E-state index contributed by atoms with van der Waals surface area (Å²) in [5.41, 5.74) is 0.821. The Morgan fingerprint density at radius 3 is 2.72 bits per heavy atom. The minimum Gasteiger partial charge on any atom is -0.468 e. The molecule has 2 atom stereocenters. The van der Waals surface area contributed by atoms with Crippen LogP contribution in [0, 0.1) is 11.3 Å². The molecule has 2 aliphatic rings. The number of nitrogens with zero attached hydrogens (tertiary/aromatic N) is 1. The predicted octanol–water partition coefficient (Wildman–Crippen LogP) is 4.35. The molecule has 192 valence electrons. The van der Waals surface area contributed by atoms with Gasteiger partial charge in [-0.15, -0.1) is 0 Å². The van der Waals surface area contributed by atoms with Crippen LogP contribution < -0.4 is 5.32 Å². The molecule has 1 fully saturated rings. The van der Waals surface area contributed by atoms with Crippen LogP contribution >= 0.6 is 0 Å². The maximum absolute atomic E-state index is 13.9. The number of amides is 2. The first kappa shape index (κ1) is 25.9. The molecule has 1 heterocycles. The standard InChI is InChI=1S/C29H36N2O5/c1-35-17-9-16-30-26(32)18-23-19-29(28(34)36-2)15-7-3-4-14-25(29)31(27(23)33)20-22-12-8-11-21-10-5-6-13-24(21)22/h5-6,8,10-14,23H,3-4,7,9,15-20H2,1-2H3,(H,30,32)/t23-,29+/m1/s1. The van der Waals surface area contributed by atoms with Gasteiger partial charge in [0.05, 0.1) is 13.7 Å². The zero-order valence-corrected chi connectivity index (χ0v) is 21.3. The van der Waals surface area contributed by atoms with Crippen LogP contribution in [0.4, 0.5) is 0 Å². The average molecular weight is 493 g/mol. The highest BCUT2D eigenvalue weighted by molar-refractivity contribution is 5.93. The first-order valence-electron chi connectivity index (χ1n) is 12.8. The monoisotopic (exact) mass is 492 g/mol. The Balaban J connectivity index is 1.69. The normalized spacial score (nSPS) is 21.9. The van der Waals surface area contributed by atoms with Crippen molar-refractivity contribution in [1.82, 2.24) is 10.2 Å². The maximum atomic E-state index is 13.9. The first-order valence-corrected chi connectivity index (χ1v) is 12.8. The van der Waals surface area contributed by atoms with Gasteiger partial charge in [0, 0.05) is 38.3 Å². The van der Waals surface area contributed by atoms with Crippen LogP contribution in [0.15, 0.2) is 54.2 Å². The van der Waals surface area contributed by atoms with E-state index in [0.29, 0.717) is 39.0 Å². The highest BCUT2D eigenvalue weighted by Gasteiger charge is 2.53. The molecule has 4 rings (SSSR count). The molecule has 1 aliphatic carbocycles. The molecule has 0 radical (unpaired) electrons. The number of rotatable bonds is 9. The summed E-state index contributed by atoms with van der Waals surface area (Å²) in [6, 6.07) is 14.2. The second-order valence-corrected chi connectivity index (χ2v) is 9.77. The van der Waals surface area contributed by atoms with Gasteiger partial charge in [-0.05, 0) is 48.4 Å². The number of benzene rings is 2. The van der Waals surface area contributed by atoms with Crippen LogP contribution in [-0.2, 0) is 30.4 Å². The van der Waals surface area contributed by atoms with Crippen LogP contribution in [0.5, 0.6) is 0 Å². The second-order valence-electron chi connectivity index (χ2n) is 9.77. The molecule has 1 N–H and O–H groups in total. The molecule has 2 aromatic carbocycles. The molecule has 7 heteroatoms. The van der Waals surface area contributed by atoms with Gasteiger partial charge in [0.1, 0.15) is 5.41 Å². The van der Waals surface area contributed by atoms with E-state index in [0.717, 1.165) is 41.3 Å². The van der Waals surface area contributed by atoms with Gasteiger partial charge < -0.3 is 19.7 Å². The average Bonchev–Trinajstić information content (AvgIpc) is 3.12. The fraction of sp³-hybridized carbons (Fsp3) is 0.483. The number of piperidine rings is 1. The van der Waals surface area contributed by atoms with Crippen LogP contribution in [0.3, 0.4) is 0 Å². The Morgan fingerprint density at radius 1 is 1.11 bits per heavy atom. The number of ether oxygens (including phenoxy) is 2. The molecule has 7 nitrogen and oxygen atoms in total. The van der Waals surface area contributed by atoms with Gasteiger partial charge in [0.15, 0.2) is 0 Å². The summed E-state index contributed by atoms with van der Waals surface area (Å²) in [5.74, 6) is -1.22. The van der Waals surface area contributed by atoms with E-state index in [2.05, 4.69) is 23.5 Å². The van der Waals surface area contributed by atoms with Gasteiger partial charge in [-0.2, -0.15) is 0 Å². The maximum Gasteiger partial charge on any atom is 0.317 e. The van der Waals surface area contributed by atoms with E-state index in [9.17, 15) is 14.4 Å². The van der Waals surface area contributed by atoms with Crippen molar-refractivity contribution in [3.8, 4) is 0 Å². The second kappa shape index (κ2) is 11.7. The van der Waals surface area contributed by atoms with E-state index in [1.54, 1.807) is 12.0 Å². The third kappa shape index (κ3) is 5.31. The van der Waals surface area contributed by atoms with Crippen molar-refractivity contribution in [2.75, 3.05) is 27.4 Å². The van der Waals surface area contributed by atoms with Crippen molar-refractivity contribution < 1.29 is 23.9 Å². The summed E-state index contributed by atoms with van der Waals surface area (Å²) in [4.78, 5) is 41.8. The van der Waals surface area contributed by atoms with E-state index < -0.39 is 11.3 Å². The number of hydrogen-bond donors (Lipinski definition) is 1. The Morgan fingerprint density at radius 2 is 1.92 bits per heavy atom. The molecule has 1 aliphatic heterocycles. The van der Waals surface area contributed by atoms with Gasteiger partial charge in [-0.25, -0.2) is 0 Å². The van der Waals surface area contributed by atoms with Crippen molar-refractivity contribution in [2.45, 2.75) is 51.5 Å². The topological polar surface area (TPSA) is 84.9 Å². The number of esters is 1. The van der Waals surface area contributed by atoms with E-state index in [-0.39, 0.29) is 24.2 Å². The van der Waals surface area contributed by atoms with Crippen molar-refractivity contribution in [3.63, 3.8) is 0 Å². The highest BCUT2D eigenvalue weighted by Crippen LogP contribution is 2.49. The van der Waals surface area contributed by atoms with Crippen LogP contribution in [0.1, 0.15) is 50.5 Å². The van der Waals surface area contributed by atoms with Crippen molar-refractivity contribution in [3.05, 3.63) is 59.8 Å². The van der Waals surface area contributed by atoms with Crippen LogP contribution in [0.2, 0.25) is 0 Å². The third-order valence-electron chi connectivity index (χ3n) is 7.45. The van der Waals surface area contributed by atoms with Gasteiger partial charge in [-0.1, -0.05) is 55.0 Å². The molecular formula is C29H36N2O5. The zero-order valence-electron chi connectivity index (χ0n) is 21.3. The minimum absolute atomic E-state index is 0.0455. The van der Waals surface area contributed by atoms with Crippen molar-refractivity contribution in [1.29, 1.82) is 0 Å². The lowest BCUT2D eigenvalue weighted by Crippen LogP contribution is -2.53. The Hall–Kier alpha value is -3.19. The Bertz CT molecular complexity index is 1140. The van der Waals surface area contributed by atoms with Gasteiger partial charge in [0.25, 0.3) is 0 Å². The van der Waals surface area contributed by atoms with Gasteiger partial charge in [0.2, 0.25) is 11.8 Å². The van der Waals surface area contributed by atoms with E-state index >= 15 is 0 Å². The van der Waals surface area contributed by atoms with E-state index in [4.69, 9.17) is 9.47 Å². The smallest absolute Gasteiger partial charge is 0.317 e. The Labute approximate surface area is 212 Å². The summed E-state index contributed by atoms with van der Waals surface area (Å²) in [6.07, 6.45) is 6.31. The Kier molecular flexibility index (Phi) is 8.41. The summed E-state index contributed by atoms with van der Waals surface area (Å²) in [7, 11) is 3.03. The fourth-order valence-electron chi connectivity index (χ4n) is 5.70. The molecule has 0 aromatic heterocycles. The van der Waals surface area contributed by atoms with Gasteiger partial charge in [-0.3, -0.25) is 14.4 Å². The van der Waals surface area contributed by atoms with Crippen molar-refractivity contribution >= 4 is 28.6 Å². The number of likely N-dealkylation sites (tertiary alicyclic amines) is 1. The summed E-state index contributed by atoms with van der Waals surface area (Å²) in [6.45, 7) is 1.39. The number of allylic oxidation sites excluding steroid dienone is 1. The molecule has 0 unspecified atom stereocenters. The SMILES string of the molecule is COCCCNC(=O)C[C@@H]1C[C@@]2(C(=O)OC)CCCCC=C2N(Cc2cccc3ccccc23)C1=O. The number of carbonyl (C=O) groups excluding carboxylic acids is 3. The van der Waals surface area contributed by atoms with Crippen molar-refractivity contribution in [2.24, 2.45) is 11.3 Å². The minimum atomic E-state index is -0.926.